The lowest BCUT2D eigenvalue weighted by Crippen LogP contribution is -2.42. The van der Waals surface area contributed by atoms with Crippen LogP contribution in [0.3, 0.4) is 0 Å². The molecule has 0 saturated carbocycles. The number of carbonyl (C=O) groups excluding carboxylic acids is 1. The van der Waals surface area contributed by atoms with Gasteiger partial charge in [-0.3, -0.25) is 4.79 Å². The highest BCUT2D eigenvalue weighted by Gasteiger charge is 2.49. The Kier molecular flexibility index (Phi) is 7.76. The van der Waals surface area contributed by atoms with Crippen molar-refractivity contribution in [3.05, 3.63) is 70.4 Å². The fraction of sp³-hybridized carbons (Fsp3) is 0.381. The molecule has 0 N–H and O–H groups in total. The quantitative estimate of drug-likeness (QED) is 0.564. The first-order chi connectivity index (χ1) is 14.0. The van der Waals surface area contributed by atoms with Crippen molar-refractivity contribution in [2.75, 3.05) is 6.54 Å². The van der Waals surface area contributed by atoms with Gasteiger partial charge in [0.15, 0.2) is 5.78 Å². The summed E-state index contributed by atoms with van der Waals surface area (Å²) < 4.78 is 82.0. The van der Waals surface area contributed by atoms with E-state index in [0.29, 0.717) is 23.6 Å². The van der Waals surface area contributed by atoms with E-state index in [1.807, 2.05) is 0 Å². The number of hydrogen-bond acceptors (Lipinski definition) is 3. The molecule has 0 aliphatic heterocycles. The Morgan fingerprint density at radius 3 is 2.33 bits per heavy atom. The molecule has 1 atom stereocenters. The molecule has 0 amide bonds. The second kappa shape index (κ2) is 9.70. The molecule has 1 aliphatic carbocycles. The third-order valence-corrected chi connectivity index (χ3v) is 6.59. The highest BCUT2D eigenvalue weighted by molar-refractivity contribution is 7.93. The summed E-state index contributed by atoms with van der Waals surface area (Å²) in [4.78, 5) is 11.5. The van der Waals surface area contributed by atoms with Gasteiger partial charge in [-0.15, -0.1) is 0 Å². The zero-order valence-corrected chi connectivity index (χ0v) is 17.4. The molecule has 0 spiro atoms. The third-order valence-electron chi connectivity index (χ3n) is 4.62. The summed E-state index contributed by atoms with van der Waals surface area (Å²) in [6.07, 6.45) is 2.23. The molecular weight excluding hydrogens is 422 g/mol. The van der Waals surface area contributed by atoms with Gasteiger partial charge in [0.25, 0.3) is 0 Å². The fourth-order valence-electron chi connectivity index (χ4n) is 3.14. The molecule has 164 valence electrons. The zero-order valence-electron chi connectivity index (χ0n) is 16.6. The van der Waals surface area contributed by atoms with E-state index in [1.54, 1.807) is 6.08 Å². The number of Topliss-reactive ketones (excluding diaryl/α,β-unsaturated/α-hetero) is 1. The summed E-state index contributed by atoms with van der Waals surface area (Å²) in [6, 6.07) is 1.05. The van der Waals surface area contributed by atoms with Gasteiger partial charge in [0.2, 0.25) is 10.0 Å². The normalized spacial score (nSPS) is 18.0. The molecule has 2 rings (SSSR count). The predicted octanol–water partition coefficient (Wildman–Crippen LogP) is 5.22. The summed E-state index contributed by atoms with van der Waals surface area (Å²) in [5.74, 6) is -1.13. The number of sulfonamides is 1. The number of benzene rings is 1. The van der Waals surface area contributed by atoms with Crippen LogP contribution in [0.5, 0.6) is 0 Å². The van der Waals surface area contributed by atoms with Gasteiger partial charge in [-0.1, -0.05) is 37.3 Å². The third kappa shape index (κ3) is 5.66. The van der Waals surface area contributed by atoms with Gasteiger partial charge in [0, 0.05) is 12.1 Å². The molecule has 1 aromatic rings. The Labute approximate surface area is 173 Å². The van der Waals surface area contributed by atoms with Crippen LogP contribution in [0, 0.1) is 5.82 Å². The first kappa shape index (κ1) is 24.0. The minimum atomic E-state index is -4.94. The van der Waals surface area contributed by atoms with Crippen LogP contribution < -0.4 is 0 Å². The van der Waals surface area contributed by atoms with Crippen molar-refractivity contribution in [3.63, 3.8) is 0 Å². The number of halogens is 4. The number of ketones is 1. The fourth-order valence-corrected chi connectivity index (χ4v) is 4.87. The number of carbonyl (C=O) groups is 1. The minimum absolute atomic E-state index is 0.0909. The lowest BCUT2D eigenvalue weighted by atomic mass is 10.1. The molecule has 9 heteroatoms. The molecule has 0 radical (unpaired) electrons. The van der Waals surface area contributed by atoms with Gasteiger partial charge in [0.05, 0.1) is 4.91 Å². The number of alkyl halides is 3. The van der Waals surface area contributed by atoms with Gasteiger partial charge in [0.1, 0.15) is 11.9 Å². The Bertz CT molecular complexity index is 961. The Hall–Kier alpha value is -2.26. The standard InChI is InChI=1S/C21H23F4NO3S/c1-3-26(20(21(23,24)25)16-10-12-18(22)13-11-16)30(28,29)19-9-7-5-4-6-8-17(14-19)15(2)27/h6,8-14,20H,3-5,7H2,1-2H3/b8-6+,17-14?,19-9?. The Balaban J connectivity index is 2.63. The smallest absolute Gasteiger partial charge is 0.295 e. The number of nitrogens with zero attached hydrogens (tertiary/aromatic N) is 1. The van der Waals surface area contributed by atoms with Crippen molar-refractivity contribution in [3.8, 4) is 0 Å². The van der Waals surface area contributed by atoms with Gasteiger partial charge >= 0.3 is 6.18 Å². The van der Waals surface area contributed by atoms with Crippen molar-refractivity contribution in [1.82, 2.24) is 4.31 Å². The zero-order chi connectivity index (χ0) is 22.5. The van der Waals surface area contributed by atoms with Crippen LogP contribution in [0.15, 0.2) is 59.0 Å². The highest BCUT2D eigenvalue weighted by Crippen LogP contribution is 2.40. The summed E-state index contributed by atoms with van der Waals surface area (Å²) in [7, 11) is -4.62. The van der Waals surface area contributed by atoms with Crippen molar-refractivity contribution < 1.29 is 30.8 Å². The second-order valence-corrected chi connectivity index (χ2v) is 8.69. The maximum atomic E-state index is 14.0. The monoisotopic (exact) mass is 445 g/mol. The predicted molar refractivity (Wildman–Crippen MR) is 106 cm³/mol. The van der Waals surface area contributed by atoms with E-state index >= 15 is 0 Å². The first-order valence-electron chi connectivity index (χ1n) is 9.41. The number of rotatable bonds is 6. The lowest BCUT2D eigenvalue weighted by Gasteiger charge is -2.32. The van der Waals surface area contributed by atoms with Crippen molar-refractivity contribution in [2.45, 2.75) is 45.3 Å². The van der Waals surface area contributed by atoms with E-state index in [-0.39, 0.29) is 10.5 Å². The van der Waals surface area contributed by atoms with Gasteiger partial charge in [-0.05, 0) is 50.0 Å². The van der Waals surface area contributed by atoms with E-state index in [2.05, 4.69) is 0 Å². The molecule has 0 heterocycles. The van der Waals surface area contributed by atoms with E-state index in [1.165, 1.54) is 26.0 Å². The van der Waals surface area contributed by atoms with Crippen molar-refractivity contribution >= 4 is 15.8 Å². The lowest BCUT2D eigenvalue weighted by molar-refractivity contribution is -0.173. The van der Waals surface area contributed by atoms with Crippen LogP contribution in [0.25, 0.3) is 0 Å². The largest absolute Gasteiger partial charge is 0.409 e. The number of hydrogen-bond donors (Lipinski definition) is 0. The molecular formula is C21H23F4NO3S. The van der Waals surface area contributed by atoms with Crippen LogP contribution >= 0.6 is 0 Å². The molecule has 0 aromatic heterocycles. The van der Waals surface area contributed by atoms with E-state index in [9.17, 15) is 30.8 Å². The molecule has 1 aliphatic rings. The van der Waals surface area contributed by atoms with Crippen LogP contribution in [0.2, 0.25) is 0 Å². The Morgan fingerprint density at radius 2 is 1.80 bits per heavy atom. The average molecular weight is 445 g/mol. The molecule has 30 heavy (non-hydrogen) atoms. The Morgan fingerprint density at radius 1 is 1.17 bits per heavy atom. The van der Waals surface area contributed by atoms with E-state index in [4.69, 9.17) is 0 Å². The van der Waals surface area contributed by atoms with Crippen LogP contribution in [-0.4, -0.2) is 31.2 Å². The minimum Gasteiger partial charge on any atom is -0.295 e. The van der Waals surface area contributed by atoms with Crippen molar-refractivity contribution in [1.29, 1.82) is 0 Å². The van der Waals surface area contributed by atoms with Gasteiger partial charge < -0.3 is 0 Å². The van der Waals surface area contributed by atoms with E-state index < -0.39 is 46.0 Å². The molecule has 1 unspecified atom stereocenters. The molecule has 4 nitrogen and oxygen atoms in total. The SMILES string of the molecule is CCN(C(c1ccc(F)cc1)C(F)(F)F)S(=O)(=O)C1=CCCC/C=C/C(C(C)=O)=C1. The topological polar surface area (TPSA) is 54.5 Å². The van der Waals surface area contributed by atoms with Crippen LogP contribution in [0.4, 0.5) is 17.6 Å². The van der Waals surface area contributed by atoms with Gasteiger partial charge in [-0.25, -0.2) is 12.8 Å². The van der Waals surface area contributed by atoms with E-state index in [0.717, 1.165) is 30.3 Å². The molecule has 0 bridgehead atoms. The molecule has 0 fully saturated rings. The second-order valence-electron chi connectivity index (χ2n) is 6.80. The first-order valence-corrected chi connectivity index (χ1v) is 10.9. The van der Waals surface area contributed by atoms with Crippen LogP contribution in [-0.2, 0) is 14.8 Å². The number of allylic oxidation sites excluding steroid dienone is 5. The van der Waals surface area contributed by atoms with Crippen molar-refractivity contribution in [2.24, 2.45) is 0 Å². The maximum absolute atomic E-state index is 14.0. The summed E-state index contributed by atoms with van der Waals surface area (Å²) >= 11 is 0. The van der Waals surface area contributed by atoms with Crippen LogP contribution in [0.1, 0.15) is 44.7 Å². The highest BCUT2D eigenvalue weighted by atomic mass is 32.2. The molecule has 1 aromatic carbocycles. The summed E-state index contributed by atoms with van der Waals surface area (Å²) in [5, 5.41) is 0. The average Bonchev–Trinajstić information content (AvgIpc) is 2.78. The maximum Gasteiger partial charge on any atom is 0.409 e. The summed E-state index contributed by atoms with van der Waals surface area (Å²) in [6.45, 7) is 2.08. The van der Waals surface area contributed by atoms with Gasteiger partial charge in [-0.2, -0.15) is 17.5 Å². The summed E-state index contributed by atoms with van der Waals surface area (Å²) in [5.41, 5.74) is -0.304. The molecule has 0 saturated heterocycles.